The van der Waals surface area contributed by atoms with Crippen molar-refractivity contribution < 1.29 is 14.4 Å². The Kier molecular flexibility index (Phi) is 7.33. The molecule has 3 heterocycles. The number of nitrogens with one attached hydrogen (secondary N) is 3. The molecule has 2 fully saturated rings. The van der Waals surface area contributed by atoms with Crippen molar-refractivity contribution in [2.75, 3.05) is 36.4 Å². The second-order valence-electron chi connectivity index (χ2n) is 9.25. The lowest BCUT2D eigenvalue weighted by atomic mass is 9.97. The summed E-state index contributed by atoms with van der Waals surface area (Å²) in [4.78, 5) is 51.7. The van der Waals surface area contributed by atoms with Crippen LogP contribution < -0.4 is 20.9 Å². The van der Waals surface area contributed by atoms with Crippen molar-refractivity contribution in [2.24, 2.45) is 11.8 Å². The fourth-order valence-corrected chi connectivity index (χ4v) is 4.26. The van der Waals surface area contributed by atoms with E-state index in [0.29, 0.717) is 36.7 Å². The highest BCUT2D eigenvalue weighted by Crippen LogP contribution is 2.30. The van der Waals surface area contributed by atoms with E-state index in [1.165, 1.54) is 12.7 Å². The zero-order valence-corrected chi connectivity index (χ0v) is 20.3. The van der Waals surface area contributed by atoms with Gasteiger partial charge in [-0.05, 0) is 49.9 Å². The van der Waals surface area contributed by atoms with Gasteiger partial charge in [0.1, 0.15) is 24.8 Å². The normalized spacial score (nSPS) is 17.2. The largest absolute Gasteiger partial charge is 0.356 e. The highest BCUT2D eigenvalue weighted by atomic mass is 16.2. The number of carbonyl (C=O) groups is 3. The summed E-state index contributed by atoms with van der Waals surface area (Å²) in [5.74, 6) is 1.06. The number of hydrogen-bond donors (Lipinski definition) is 3. The van der Waals surface area contributed by atoms with Gasteiger partial charge in [-0.3, -0.25) is 14.4 Å². The van der Waals surface area contributed by atoms with Crippen LogP contribution in [0.25, 0.3) is 5.82 Å². The minimum Gasteiger partial charge on any atom is -0.356 e. The summed E-state index contributed by atoms with van der Waals surface area (Å²) < 4.78 is 1.56. The molecule has 37 heavy (non-hydrogen) atoms. The average Bonchev–Trinajstić information content (AvgIpc) is 3.65. The molecule has 2 aliphatic rings. The number of aromatic nitrogens is 5. The van der Waals surface area contributed by atoms with Gasteiger partial charge in [0, 0.05) is 49.4 Å². The molecule has 1 aliphatic carbocycles. The number of carbonyl (C=O) groups excluding carboxylic acids is 3. The first kappa shape index (κ1) is 24.3. The first-order chi connectivity index (χ1) is 18.1. The number of hydrogen-bond acceptors (Lipinski definition) is 8. The maximum Gasteiger partial charge on any atom is 0.251 e. The van der Waals surface area contributed by atoms with Crippen LogP contribution in [0.1, 0.15) is 36.0 Å². The Bertz CT molecular complexity index is 1240. The minimum absolute atomic E-state index is 0.0302. The molecular formula is C25H29N9O3. The number of benzene rings is 1. The van der Waals surface area contributed by atoms with Crippen LogP contribution in [0.15, 0.2) is 49.3 Å². The summed E-state index contributed by atoms with van der Waals surface area (Å²) in [6.07, 6.45) is 8.04. The van der Waals surface area contributed by atoms with E-state index in [9.17, 15) is 14.4 Å². The molecule has 1 saturated carbocycles. The van der Waals surface area contributed by atoms with Gasteiger partial charge in [0.25, 0.3) is 5.91 Å². The molecule has 1 saturated heterocycles. The maximum absolute atomic E-state index is 12.8. The van der Waals surface area contributed by atoms with Crippen LogP contribution in [0.3, 0.4) is 0 Å². The number of piperidine rings is 1. The van der Waals surface area contributed by atoms with Crippen molar-refractivity contribution in [1.82, 2.24) is 35.4 Å². The third-order valence-corrected chi connectivity index (χ3v) is 6.48. The summed E-state index contributed by atoms with van der Waals surface area (Å²) in [7, 11) is 0. The Morgan fingerprint density at radius 1 is 0.892 bits per heavy atom. The molecule has 5 rings (SSSR count). The van der Waals surface area contributed by atoms with Crippen molar-refractivity contribution in [3.8, 4) is 5.82 Å². The van der Waals surface area contributed by atoms with Gasteiger partial charge in [-0.25, -0.2) is 19.6 Å². The number of amides is 3. The Morgan fingerprint density at radius 3 is 2.43 bits per heavy atom. The Balaban J connectivity index is 1.06. The quantitative estimate of drug-likeness (QED) is 0.369. The van der Waals surface area contributed by atoms with Gasteiger partial charge in [-0.2, -0.15) is 5.10 Å². The zero-order valence-electron chi connectivity index (χ0n) is 20.3. The number of anilines is 2. The van der Waals surface area contributed by atoms with E-state index < -0.39 is 0 Å². The van der Waals surface area contributed by atoms with Gasteiger partial charge < -0.3 is 20.9 Å². The zero-order chi connectivity index (χ0) is 25.6. The summed E-state index contributed by atoms with van der Waals surface area (Å²) in [5, 5.41) is 12.7. The van der Waals surface area contributed by atoms with E-state index in [1.54, 1.807) is 35.3 Å². The van der Waals surface area contributed by atoms with E-state index in [-0.39, 0.29) is 29.6 Å². The molecule has 1 aromatic carbocycles. The predicted octanol–water partition coefficient (Wildman–Crippen LogP) is 1.17. The third kappa shape index (κ3) is 6.26. The molecular weight excluding hydrogens is 474 g/mol. The fourth-order valence-electron chi connectivity index (χ4n) is 4.26. The Hall–Kier alpha value is -4.35. The van der Waals surface area contributed by atoms with E-state index >= 15 is 0 Å². The topological polar surface area (TPSA) is 147 Å². The van der Waals surface area contributed by atoms with Gasteiger partial charge in [-0.15, -0.1) is 0 Å². The van der Waals surface area contributed by atoms with Gasteiger partial charge >= 0.3 is 0 Å². The molecule has 0 radical (unpaired) electrons. The standard InChI is InChI=1S/C25H29N9O3/c35-23(17-5-7-20(8-6-17)32-25(37)18-3-4-18)27-9-10-28-24(36)19-2-1-11-33(13-19)21-12-22(30-15-29-21)34-16-26-14-31-34/h5-8,12,14-16,18-19H,1-4,9-11,13H2,(H,27,35)(H,28,36)(H,32,37). The monoisotopic (exact) mass is 503 g/mol. The molecule has 0 spiro atoms. The van der Waals surface area contributed by atoms with Crippen LogP contribution in [0.2, 0.25) is 0 Å². The maximum atomic E-state index is 12.8. The summed E-state index contributed by atoms with van der Waals surface area (Å²) in [6.45, 7) is 2.00. The van der Waals surface area contributed by atoms with Crippen LogP contribution in [0.4, 0.5) is 11.5 Å². The lowest BCUT2D eigenvalue weighted by Crippen LogP contribution is -2.45. The van der Waals surface area contributed by atoms with Crippen molar-refractivity contribution in [3.63, 3.8) is 0 Å². The number of nitrogens with zero attached hydrogens (tertiary/aromatic N) is 6. The van der Waals surface area contributed by atoms with Crippen molar-refractivity contribution >= 4 is 29.2 Å². The first-order valence-electron chi connectivity index (χ1n) is 12.5. The van der Waals surface area contributed by atoms with Crippen molar-refractivity contribution in [3.05, 3.63) is 54.9 Å². The first-order valence-corrected chi connectivity index (χ1v) is 12.5. The second-order valence-corrected chi connectivity index (χ2v) is 9.25. The lowest BCUT2D eigenvalue weighted by Gasteiger charge is -2.32. The molecule has 3 amide bonds. The second kappa shape index (κ2) is 11.1. The summed E-state index contributed by atoms with van der Waals surface area (Å²) >= 11 is 0. The third-order valence-electron chi connectivity index (χ3n) is 6.48. The average molecular weight is 504 g/mol. The van der Waals surface area contributed by atoms with Crippen LogP contribution in [-0.2, 0) is 9.59 Å². The van der Waals surface area contributed by atoms with Gasteiger partial charge in [0.2, 0.25) is 11.8 Å². The molecule has 2 aromatic heterocycles. The van der Waals surface area contributed by atoms with Gasteiger partial charge in [-0.1, -0.05) is 0 Å². The SMILES string of the molecule is O=C(NCCNC(=O)C1CCCN(c2cc(-n3cncn3)ncn2)C1)c1ccc(NC(=O)C2CC2)cc1. The van der Waals surface area contributed by atoms with E-state index in [4.69, 9.17) is 0 Å². The lowest BCUT2D eigenvalue weighted by molar-refractivity contribution is -0.125. The Labute approximate surface area is 213 Å². The molecule has 1 atom stereocenters. The van der Waals surface area contributed by atoms with Crippen LogP contribution in [-0.4, -0.2) is 68.6 Å². The van der Waals surface area contributed by atoms with E-state index in [0.717, 1.165) is 38.0 Å². The summed E-state index contributed by atoms with van der Waals surface area (Å²) in [5.41, 5.74) is 1.17. The van der Waals surface area contributed by atoms with Crippen LogP contribution in [0.5, 0.6) is 0 Å². The molecule has 1 unspecified atom stereocenters. The molecule has 192 valence electrons. The summed E-state index contributed by atoms with van der Waals surface area (Å²) in [6, 6.07) is 8.62. The molecule has 0 bridgehead atoms. The minimum atomic E-state index is -0.231. The smallest absolute Gasteiger partial charge is 0.251 e. The Morgan fingerprint density at radius 2 is 1.68 bits per heavy atom. The van der Waals surface area contributed by atoms with Gasteiger partial charge in [0.05, 0.1) is 5.92 Å². The van der Waals surface area contributed by atoms with Crippen LogP contribution in [0, 0.1) is 11.8 Å². The molecule has 3 N–H and O–H groups in total. The predicted molar refractivity (Wildman–Crippen MR) is 135 cm³/mol. The number of rotatable bonds is 9. The van der Waals surface area contributed by atoms with Crippen molar-refractivity contribution in [1.29, 1.82) is 0 Å². The highest BCUT2D eigenvalue weighted by Gasteiger charge is 2.29. The molecule has 12 nitrogen and oxygen atoms in total. The molecule has 3 aromatic rings. The molecule has 1 aliphatic heterocycles. The fraction of sp³-hybridized carbons (Fsp3) is 0.400. The van der Waals surface area contributed by atoms with E-state index in [2.05, 4.69) is 40.9 Å². The van der Waals surface area contributed by atoms with E-state index in [1.807, 2.05) is 6.07 Å². The highest BCUT2D eigenvalue weighted by molar-refractivity contribution is 5.96. The van der Waals surface area contributed by atoms with Gasteiger partial charge in [0.15, 0.2) is 5.82 Å². The van der Waals surface area contributed by atoms with Crippen molar-refractivity contribution in [2.45, 2.75) is 25.7 Å². The van der Waals surface area contributed by atoms with Crippen LogP contribution >= 0.6 is 0 Å². The molecule has 12 heteroatoms.